The number of benzene rings is 1. The lowest BCUT2D eigenvalue weighted by atomic mass is 9.78. The molecule has 0 radical (unpaired) electrons. The lowest BCUT2D eigenvalue weighted by Crippen LogP contribution is -2.42. The third kappa shape index (κ3) is 2.99. The predicted octanol–water partition coefficient (Wildman–Crippen LogP) is 3.77. The van der Waals surface area contributed by atoms with E-state index in [-0.39, 0.29) is 0 Å². The lowest BCUT2D eigenvalue weighted by molar-refractivity contribution is 0.160. The van der Waals surface area contributed by atoms with E-state index < -0.39 is 10.0 Å². The summed E-state index contributed by atoms with van der Waals surface area (Å²) in [5, 5.41) is 0. The van der Waals surface area contributed by atoms with Gasteiger partial charge in [-0.25, -0.2) is 8.42 Å². The van der Waals surface area contributed by atoms with Crippen LogP contribution >= 0.6 is 11.6 Å². The maximum Gasteiger partial charge on any atom is 0.243 e. The summed E-state index contributed by atoms with van der Waals surface area (Å²) in [5.41, 5.74) is 1.38. The average molecular weight is 328 g/mol. The molecule has 1 saturated carbocycles. The number of halogens is 1. The first-order chi connectivity index (χ1) is 10.1. The molecule has 2 aliphatic rings. The molecule has 1 aliphatic heterocycles. The van der Waals surface area contributed by atoms with E-state index in [1.807, 2.05) is 0 Å². The SMILES string of the molecule is O=S(=O)(c1ccc(CCl)cc1)N1CCC2(CCCC2)CC1. The smallest absolute Gasteiger partial charge is 0.207 e. The zero-order chi connectivity index (χ0) is 14.9. The molecular weight excluding hydrogens is 306 g/mol. The first-order valence-corrected chi connectivity index (χ1v) is 9.68. The number of hydrogen-bond donors (Lipinski definition) is 0. The van der Waals surface area contributed by atoms with Crippen LogP contribution in [0, 0.1) is 5.41 Å². The van der Waals surface area contributed by atoms with Crippen molar-refractivity contribution in [3.05, 3.63) is 29.8 Å². The van der Waals surface area contributed by atoms with Gasteiger partial charge < -0.3 is 0 Å². The number of sulfonamides is 1. The third-order valence-electron chi connectivity index (χ3n) is 5.16. The van der Waals surface area contributed by atoms with Gasteiger partial charge in [-0.2, -0.15) is 4.31 Å². The molecule has 2 fully saturated rings. The molecule has 21 heavy (non-hydrogen) atoms. The third-order valence-corrected chi connectivity index (χ3v) is 7.38. The van der Waals surface area contributed by atoms with Gasteiger partial charge in [-0.05, 0) is 48.8 Å². The molecular formula is C16H22ClNO2S. The number of piperidine rings is 1. The molecule has 0 bridgehead atoms. The summed E-state index contributed by atoms with van der Waals surface area (Å²) in [4.78, 5) is 0.388. The molecule has 3 nitrogen and oxygen atoms in total. The molecule has 1 aromatic carbocycles. The van der Waals surface area contributed by atoms with E-state index in [1.165, 1.54) is 25.7 Å². The van der Waals surface area contributed by atoms with Crippen molar-refractivity contribution in [2.75, 3.05) is 13.1 Å². The van der Waals surface area contributed by atoms with Gasteiger partial charge in [-0.1, -0.05) is 25.0 Å². The second kappa shape index (κ2) is 5.90. The van der Waals surface area contributed by atoms with Crippen molar-refractivity contribution in [2.45, 2.75) is 49.3 Å². The van der Waals surface area contributed by atoms with Crippen LogP contribution in [0.4, 0.5) is 0 Å². The maximum absolute atomic E-state index is 12.7. The molecule has 0 N–H and O–H groups in total. The van der Waals surface area contributed by atoms with Crippen molar-refractivity contribution >= 4 is 21.6 Å². The van der Waals surface area contributed by atoms with Crippen molar-refractivity contribution in [1.29, 1.82) is 0 Å². The summed E-state index contributed by atoms with van der Waals surface area (Å²) in [6, 6.07) is 6.94. The summed E-state index contributed by atoms with van der Waals surface area (Å²) < 4.78 is 27.0. The van der Waals surface area contributed by atoms with Crippen LogP contribution in [0.15, 0.2) is 29.2 Å². The van der Waals surface area contributed by atoms with Crippen molar-refractivity contribution in [1.82, 2.24) is 4.31 Å². The Balaban J connectivity index is 1.73. The molecule has 3 rings (SSSR count). The van der Waals surface area contributed by atoms with Gasteiger partial charge in [0, 0.05) is 19.0 Å². The van der Waals surface area contributed by atoms with Gasteiger partial charge in [0.05, 0.1) is 4.90 Å². The highest BCUT2D eigenvalue weighted by molar-refractivity contribution is 7.89. The molecule has 1 spiro atoms. The fourth-order valence-electron chi connectivity index (χ4n) is 3.73. The molecule has 116 valence electrons. The summed E-state index contributed by atoms with van der Waals surface area (Å²) in [7, 11) is -3.34. The van der Waals surface area contributed by atoms with Crippen molar-refractivity contribution < 1.29 is 8.42 Å². The highest BCUT2D eigenvalue weighted by atomic mass is 35.5. The van der Waals surface area contributed by atoms with Gasteiger partial charge in [0.1, 0.15) is 0 Å². The normalized spacial score (nSPS) is 22.7. The van der Waals surface area contributed by atoms with Gasteiger partial charge in [-0.15, -0.1) is 11.6 Å². The Morgan fingerprint density at radius 1 is 1.00 bits per heavy atom. The van der Waals surface area contributed by atoms with Crippen LogP contribution in [0.3, 0.4) is 0 Å². The zero-order valence-corrected chi connectivity index (χ0v) is 13.8. The number of alkyl halides is 1. The van der Waals surface area contributed by atoms with E-state index in [2.05, 4.69) is 0 Å². The van der Waals surface area contributed by atoms with Crippen LogP contribution in [0.1, 0.15) is 44.1 Å². The van der Waals surface area contributed by atoms with E-state index in [0.717, 1.165) is 18.4 Å². The Labute approximate surface area is 132 Å². The monoisotopic (exact) mass is 327 g/mol. The summed E-state index contributed by atoms with van der Waals surface area (Å²) in [5.74, 6) is 0.409. The Bertz CT molecular complexity index is 581. The first kappa shape index (κ1) is 15.3. The van der Waals surface area contributed by atoms with E-state index in [0.29, 0.717) is 29.3 Å². The van der Waals surface area contributed by atoms with E-state index in [4.69, 9.17) is 11.6 Å². The van der Waals surface area contributed by atoms with Crippen LogP contribution in [0.2, 0.25) is 0 Å². The minimum atomic E-state index is -3.34. The van der Waals surface area contributed by atoms with Gasteiger partial charge in [0.15, 0.2) is 0 Å². The Morgan fingerprint density at radius 3 is 2.10 bits per heavy atom. The average Bonchev–Trinajstić information content (AvgIpc) is 2.96. The van der Waals surface area contributed by atoms with E-state index in [9.17, 15) is 8.42 Å². The molecule has 1 aromatic rings. The molecule has 5 heteroatoms. The highest BCUT2D eigenvalue weighted by Crippen LogP contribution is 2.46. The van der Waals surface area contributed by atoms with Crippen molar-refractivity contribution in [2.24, 2.45) is 5.41 Å². The molecule has 0 atom stereocenters. The van der Waals surface area contributed by atoms with Gasteiger partial charge in [0.25, 0.3) is 0 Å². The van der Waals surface area contributed by atoms with E-state index in [1.54, 1.807) is 28.6 Å². The fraction of sp³-hybridized carbons (Fsp3) is 0.625. The second-order valence-electron chi connectivity index (χ2n) is 6.39. The number of nitrogens with zero attached hydrogens (tertiary/aromatic N) is 1. The molecule has 0 aromatic heterocycles. The summed E-state index contributed by atoms with van der Waals surface area (Å²) >= 11 is 5.75. The summed E-state index contributed by atoms with van der Waals surface area (Å²) in [6.07, 6.45) is 7.23. The lowest BCUT2D eigenvalue weighted by Gasteiger charge is -2.38. The van der Waals surface area contributed by atoms with Crippen LogP contribution in [-0.4, -0.2) is 25.8 Å². The Morgan fingerprint density at radius 2 is 1.57 bits per heavy atom. The quantitative estimate of drug-likeness (QED) is 0.792. The van der Waals surface area contributed by atoms with Crippen LogP contribution < -0.4 is 0 Å². The fourth-order valence-corrected chi connectivity index (χ4v) is 5.35. The number of hydrogen-bond acceptors (Lipinski definition) is 2. The Hall–Kier alpha value is -0.580. The summed E-state index contributed by atoms with van der Waals surface area (Å²) in [6.45, 7) is 1.33. The van der Waals surface area contributed by atoms with Crippen molar-refractivity contribution in [3.63, 3.8) is 0 Å². The predicted molar refractivity (Wildman–Crippen MR) is 84.9 cm³/mol. The van der Waals surface area contributed by atoms with Crippen LogP contribution in [0.25, 0.3) is 0 Å². The minimum absolute atomic E-state index is 0.388. The zero-order valence-electron chi connectivity index (χ0n) is 12.2. The van der Waals surface area contributed by atoms with E-state index >= 15 is 0 Å². The Kier molecular flexibility index (Phi) is 4.30. The van der Waals surface area contributed by atoms with Crippen LogP contribution in [0.5, 0.6) is 0 Å². The minimum Gasteiger partial charge on any atom is -0.207 e. The molecule has 0 amide bonds. The van der Waals surface area contributed by atoms with Crippen molar-refractivity contribution in [3.8, 4) is 0 Å². The molecule has 1 aliphatic carbocycles. The van der Waals surface area contributed by atoms with Gasteiger partial charge in [0.2, 0.25) is 10.0 Å². The standard InChI is InChI=1S/C16H22ClNO2S/c17-13-14-3-5-15(6-4-14)21(19,20)18-11-9-16(10-12-18)7-1-2-8-16/h3-6H,1-2,7-13H2. The number of rotatable bonds is 3. The van der Waals surface area contributed by atoms with Crippen LogP contribution in [-0.2, 0) is 15.9 Å². The molecule has 0 unspecified atom stereocenters. The largest absolute Gasteiger partial charge is 0.243 e. The first-order valence-electron chi connectivity index (χ1n) is 7.71. The topological polar surface area (TPSA) is 37.4 Å². The molecule has 1 saturated heterocycles. The van der Waals surface area contributed by atoms with Gasteiger partial charge in [-0.3, -0.25) is 0 Å². The highest BCUT2D eigenvalue weighted by Gasteiger charge is 2.39. The second-order valence-corrected chi connectivity index (χ2v) is 8.59. The molecule has 1 heterocycles. The van der Waals surface area contributed by atoms with Gasteiger partial charge >= 0.3 is 0 Å². The maximum atomic E-state index is 12.7.